The standard InChI is InChI=1S/C13H26N2O/c1-11(2)4-5-13(16)15-8-6-12(7-9-15)10-14-3/h11-12,14H,4-10H2,1-3H3. The van der Waals surface area contributed by atoms with Gasteiger partial charge in [0.15, 0.2) is 0 Å². The number of hydrogen-bond donors (Lipinski definition) is 1. The lowest BCUT2D eigenvalue weighted by Crippen LogP contribution is -2.40. The van der Waals surface area contributed by atoms with Crippen LogP contribution in [0.1, 0.15) is 39.5 Å². The van der Waals surface area contributed by atoms with E-state index in [1.165, 1.54) is 0 Å². The number of piperidine rings is 1. The SMILES string of the molecule is CNCC1CCN(C(=O)CCC(C)C)CC1. The van der Waals surface area contributed by atoms with Crippen LogP contribution in [0.3, 0.4) is 0 Å². The van der Waals surface area contributed by atoms with Crippen molar-refractivity contribution >= 4 is 5.91 Å². The summed E-state index contributed by atoms with van der Waals surface area (Å²) in [7, 11) is 2.00. The Bertz CT molecular complexity index is 208. The molecule has 1 heterocycles. The van der Waals surface area contributed by atoms with Crippen LogP contribution in [-0.2, 0) is 4.79 Å². The highest BCUT2D eigenvalue weighted by Crippen LogP contribution is 2.17. The summed E-state index contributed by atoms with van der Waals surface area (Å²) in [6.07, 6.45) is 4.08. The van der Waals surface area contributed by atoms with Crippen molar-refractivity contribution in [1.29, 1.82) is 0 Å². The molecule has 1 saturated heterocycles. The van der Waals surface area contributed by atoms with Gasteiger partial charge in [0.05, 0.1) is 0 Å². The maximum absolute atomic E-state index is 11.9. The minimum absolute atomic E-state index is 0.358. The molecular formula is C13H26N2O. The van der Waals surface area contributed by atoms with E-state index in [1.54, 1.807) is 0 Å². The molecule has 3 heteroatoms. The lowest BCUT2D eigenvalue weighted by molar-refractivity contribution is -0.132. The number of amides is 1. The van der Waals surface area contributed by atoms with Crippen LogP contribution >= 0.6 is 0 Å². The van der Waals surface area contributed by atoms with Crippen LogP contribution in [0.2, 0.25) is 0 Å². The molecule has 16 heavy (non-hydrogen) atoms. The Labute approximate surface area is 99.6 Å². The smallest absolute Gasteiger partial charge is 0.222 e. The Kier molecular flexibility index (Phi) is 5.81. The average Bonchev–Trinajstić information content (AvgIpc) is 2.27. The van der Waals surface area contributed by atoms with Crippen LogP contribution in [0, 0.1) is 11.8 Å². The number of nitrogens with zero attached hydrogens (tertiary/aromatic N) is 1. The molecule has 3 nitrogen and oxygen atoms in total. The molecule has 1 fully saturated rings. The first-order valence-electron chi connectivity index (χ1n) is 6.55. The molecule has 94 valence electrons. The van der Waals surface area contributed by atoms with Crippen molar-refractivity contribution < 1.29 is 4.79 Å². The van der Waals surface area contributed by atoms with Gasteiger partial charge in [0.25, 0.3) is 0 Å². The molecule has 0 radical (unpaired) electrons. The van der Waals surface area contributed by atoms with Gasteiger partial charge in [-0.05, 0) is 44.7 Å². The molecule has 0 aliphatic carbocycles. The molecule has 0 bridgehead atoms. The molecule has 0 spiro atoms. The lowest BCUT2D eigenvalue weighted by Gasteiger charge is -2.32. The summed E-state index contributed by atoms with van der Waals surface area (Å²) >= 11 is 0. The van der Waals surface area contributed by atoms with Crippen LogP contribution in [0.25, 0.3) is 0 Å². The quantitative estimate of drug-likeness (QED) is 0.776. The summed E-state index contributed by atoms with van der Waals surface area (Å²) in [5.74, 6) is 1.75. The molecule has 0 atom stereocenters. The number of nitrogens with one attached hydrogen (secondary N) is 1. The first-order valence-corrected chi connectivity index (χ1v) is 6.55. The third kappa shape index (κ3) is 4.52. The van der Waals surface area contributed by atoms with Gasteiger partial charge in [-0.2, -0.15) is 0 Å². The summed E-state index contributed by atoms with van der Waals surface area (Å²) in [5, 5.41) is 3.22. The average molecular weight is 226 g/mol. The highest BCUT2D eigenvalue weighted by Gasteiger charge is 2.21. The van der Waals surface area contributed by atoms with Gasteiger partial charge < -0.3 is 10.2 Å². The highest BCUT2D eigenvalue weighted by atomic mass is 16.2. The van der Waals surface area contributed by atoms with Crippen LogP contribution < -0.4 is 5.32 Å². The molecule has 1 rings (SSSR count). The van der Waals surface area contributed by atoms with Crippen molar-refractivity contribution in [1.82, 2.24) is 10.2 Å². The second kappa shape index (κ2) is 6.89. The molecule has 0 aromatic heterocycles. The Morgan fingerprint density at radius 1 is 1.38 bits per heavy atom. The molecule has 1 N–H and O–H groups in total. The first-order chi connectivity index (χ1) is 7.63. The predicted octanol–water partition coefficient (Wildman–Crippen LogP) is 1.88. The van der Waals surface area contributed by atoms with Crippen molar-refractivity contribution in [3.63, 3.8) is 0 Å². The van der Waals surface area contributed by atoms with Gasteiger partial charge in [-0.25, -0.2) is 0 Å². The number of likely N-dealkylation sites (tertiary alicyclic amines) is 1. The van der Waals surface area contributed by atoms with Gasteiger partial charge in [0, 0.05) is 19.5 Å². The van der Waals surface area contributed by atoms with E-state index in [4.69, 9.17) is 0 Å². The zero-order chi connectivity index (χ0) is 12.0. The van der Waals surface area contributed by atoms with Gasteiger partial charge in [-0.1, -0.05) is 13.8 Å². The van der Waals surface area contributed by atoms with Crippen LogP contribution in [0.5, 0.6) is 0 Å². The molecule has 0 saturated carbocycles. The van der Waals surface area contributed by atoms with E-state index in [1.807, 2.05) is 7.05 Å². The van der Waals surface area contributed by atoms with Gasteiger partial charge in [-0.15, -0.1) is 0 Å². The zero-order valence-electron chi connectivity index (χ0n) is 11.0. The molecule has 0 aromatic rings. The van der Waals surface area contributed by atoms with Crippen molar-refractivity contribution in [2.24, 2.45) is 11.8 Å². The molecular weight excluding hydrogens is 200 g/mol. The maximum Gasteiger partial charge on any atom is 0.222 e. The van der Waals surface area contributed by atoms with Crippen molar-refractivity contribution in [2.45, 2.75) is 39.5 Å². The van der Waals surface area contributed by atoms with E-state index in [-0.39, 0.29) is 0 Å². The molecule has 0 aromatic carbocycles. The third-order valence-electron chi connectivity index (χ3n) is 3.40. The normalized spacial score (nSPS) is 18.1. The lowest BCUT2D eigenvalue weighted by atomic mass is 9.96. The zero-order valence-corrected chi connectivity index (χ0v) is 11.0. The van der Waals surface area contributed by atoms with E-state index in [2.05, 4.69) is 24.1 Å². The summed E-state index contributed by atoms with van der Waals surface area (Å²) in [4.78, 5) is 13.9. The van der Waals surface area contributed by atoms with E-state index in [0.717, 1.165) is 51.2 Å². The fourth-order valence-electron chi connectivity index (χ4n) is 2.25. The fourth-order valence-corrected chi connectivity index (χ4v) is 2.25. The fraction of sp³-hybridized carbons (Fsp3) is 0.923. The van der Waals surface area contributed by atoms with E-state index < -0.39 is 0 Å². The van der Waals surface area contributed by atoms with Crippen LogP contribution in [-0.4, -0.2) is 37.5 Å². The van der Waals surface area contributed by atoms with Crippen LogP contribution in [0.15, 0.2) is 0 Å². The monoisotopic (exact) mass is 226 g/mol. The largest absolute Gasteiger partial charge is 0.343 e. The molecule has 0 unspecified atom stereocenters. The number of carbonyl (C=O) groups is 1. The maximum atomic E-state index is 11.9. The van der Waals surface area contributed by atoms with E-state index >= 15 is 0 Å². The Hall–Kier alpha value is -0.570. The predicted molar refractivity (Wildman–Crippen MR) is 67.3 cm³/mol. The molecule has 1 aliphatic rings. The summed E-state index contributed by atoms with van der Waals surface area (Å²) in [6, 6.07) is 0. The summed E-state index contributed by atoms with van der Waals surface area (Å²) < 4.78 is 0. The summed E-state index contributed by atoms with van der Waals surface area (Å²) in [5.41, 5.74) is 0. The van der Waals surface area contributed by atoms with Gasteiger partial charge in [-0.3, -0.25) is 4.79 Å². The number of carbonyl (C=O) groups excluding carboxylic acids is 1. The van der Waals surface area contributed by atoms with E-state index in [9.17, 15) is 4.79 Å². The third-order valence-corrected chi connectivity index (χ3v) is 3.40. The number of rotatable bonds is 5. The van der Waals surface area contributed by atoms with Gasteiger partial charge >= 0.3 is 0 Å². The van der Waals surface area contributed by atoms with Crippen molar-refractivity contribution in [2.75, 3.05) is 26.7 Å². The van der Waals surface area contributed by atoms with Crippen LogP contribution in [0.4, 0.5) is 0 Å². The topological polar surface area (TPSA) is 32.3 Å². The van der Waals surface area contributed by atoms with Gasteiger partial charge in [0.1, 0.15) is 0 Å². The summed E-state index contributed by atoms with van der Waals surface area (Å²) in [6.45, 7) is 7.36. The molecule has 1 aliphatic heterocycles. The minimum Gasteiger partial charge on any atom is -0.343 e. The Morgan fingerprint density at radius 2 is 2.00 bits per heavy atom. The van der Waals surface area contributed by atoms with Crippen molar-refractivity contribution in [3.8, 4) is 0 Å². The van der Waals surface area contributed by atoms with Crippen molar-refractivity contribution in [3.05, 3.63) is 0 Å². The Morgan fingerprint density at radius 3 is 2.50 bits per heavy atom. The Balaban J connectivity index is 2.22. The second-order valence-electron chi connectivity index (χ2n) is 5.31. The minimum atomic E-state index is 0.358. The first kappa shape index (κ1) is 13.5. The highest BCUT2D eigenvalue weighted by molar-refractivity contribution is 5.76. The second-order valence-corrected chi connectivity index (χ2v) is 5.31. The van der Waals surface area contributed by atoms with Gasteiger partial charge in [0.2, 0.25) is 5.91 Å². The van der Waals surface area contributed by atoms with E-state index in [0.29, 0.717) is 11.8 Å². The molecule has 1 amide bonds. The number of hydrogen-bond acceptors (Lipinski definition) is 2.